The summed E-state index contributed by atoms with van der Waals surface area (Å²) in [5, 5.41) is 3.37. The molecule has 2 amide bonds. The van der Waals surface area contributed by atoms with Crippen molar-refractivity contribution in [3.05, 3.63) is 77.3 Å². The van der Waals surface area contributed by atoms with E-state index in [1.54, 1.807) is 31.4 Å². The van der Waals surface area contributed by atoms with Crippen molar-refractivity contribution in [1.29, 1.82) is 0 Å². The van der Waals surface area contributed by atoms with Crippen molar-refractivity contribution in [3.8, 4) is 11.3 Å². The minimum Gasteiger partial charge on any atom is -0.451 e. The standard InChI is InChI=1S/C31H36ClN5O4/c1-40-16-6-15-37-26-11-3-2-10-25(26)35-30(37)22-8-5-14-36(20-22)29(38)18-24(33)19-34-31(39)28-13-12-27(41-28)21-7-4-9-23(32)17-21/h2-4,7,9-13,17,22,24H,5-6,8,14-16,18-20,33H2,1H3,(H,34,39)/t22-,24+/m1/s1. The Hall–Kier alpha value is -3.66. The summed E-state index contributed by atoms with van der Waals surface area (Å²) in [7, 11) is 1.71. The molecule has 0 saturated carbocycles. The van der Waals surface area contributed by atoms with Crippen LogP contribution in [0.15, 0.2) is 65.1 Å². The molecule has 1 saturated heterocycles. The third kappa shape index (κ3) is 6.98. The molecule has 4 aromatic rings. The first-order chi connectivity index (χ1) is 19.9. The van der Waals surface area contributed by atoms with E-state index in [0.717, 1.165) is 48.2 Å². The van der Waals surface area contributed by atoms with Gasteiger partial charge in [0.1, 0.15) is 11.6 Å². The Morgan fingerprint density at radius 1 is 1.20 bits per heavy atom. The molecule has 2 aromatic heterocycles. The highest BCUT2D eigenvalue weighted by atomic mass is 35.5. The van der Waals surface area contributed by atoms with E-state index in [0.29, 0.717) is 30.5 Å². The second-order valence-corrected chi connectivity index (χ2v) is 10.9. The number of carbonyl (C=O) groups is 2. The summed E-state index contributed by atoms with van der Waals surface area (Å²) in [6, 6.07) is 18.2. The fraction of sp³-hybridized carbons (Fsp3) is 0.387. The van der Waals surface area contributed by atoms with Gasteiger partial charge in [-0.1, -0.05) is 35.9 Å². The Balaban J connectivity index is 1.16. The topological polar surface area (TPSA) is 116 Å². The smallest absolute Gasteiger partial charge is 0.287 e. The summed E-state index contributed by atoms with van der Waals surface area (Å²) in [5.74, 6) is 1.49. The number of methoxy groups -OCH3 is 1. The maximum atomic E-state index is 13.2. The van der Waals surface area contributed by atoms with E-state index in [1.165, 1.54) is 0 Å². The van der Waals surface area contributed by atoms with Crippen LogP contribution in [0.3, 0.4) is 0 Å². The number of aryl methyl sites for hydroxylation is 1. The van der Waals surface area contributed by atoms with Gasteiger partial charge in [0.15, 0.2) is 5.76 Å². The number of aromatic nitrogens is 2. The number of piperidine rings is 1. The van der Waals surface area contributed by atoms with Crippen LogP contribution >= 0.6 is 11.6 Å². The zero-order valence-electron chi connectivity index (χ0n) is 23.2. The molecule has 10 heteroatoms. The van der Waals surface area contributed by atoms with Crippen molar-refractivity contribution >= 4 is 34.4 Å². The molecule has 1 fully saturated rings. The van der Waals surface area contributed by atoms with Crippen LogP contribution in [0.5, 0.6) is 0 Å². The highest BCUT2D eigenvalue weighted by molar-refractivity contribution is 6.30. The van der Waals surface area contributed by atoms with E-state index in [2.05, 4.69) is 16.0 Å². The van der Waals surface area contributed by atoms with Gasteiger partial charge in [-0.15, -0.1) is 0 Å². The highest BCUT2D eigenvalue weighted by Crippen LogP contribution is 2.30. The molecule has 1 aliphatic heterocycles. The Morgan fingerprint density at radius 3 is 2.88 bits per heavy atom. The minimum atomic E-state index is -0.521. The number of halogens is 1. The predicted molar refractivity (Wildman–Crippen MR) is 159 cm³/mol. The molecule has 2 atom stereocenters. The maximum absolute atomic E-state index is 13.2. The molecule has 5 rings (SSSR count). The zero-order valence-corrected chi connectivity index (χ0v) is 24.0. The molecule has 1 aliphatic rings. The van der Waals surface area contributed by atoms with Crippen LogP contribution in [0.1, 0.15) is 48.0 Å². The van der Waals surface area contributed by atoms with Crippen molar-refractivity contribution in [2.45, 2.75) is 44.2 Å². The fourth-order valence-corrected chi connectivity index (χ4v) is 5.61. The van der Waals surface area contributed by atoms with Crippen LogP contribution in [-0.4, -0.2) is 65.7 Å². The third-order valence-corrected chi connectivity index (χ3v) is 7.69. The van der Waals surface area contributed by atoms with Crippen LogP contribution in [0, 0.1) is 0 Å². The van der Waals surface area contributed by atoms with Crippen molar-refractivity contribution in [2.24, 2.45) is 5.73 Å². The van der Waals surface area contributed by atoms with Gasteiger partial charge < -0.3 is 29.7 Å². The van der Waals surface area contributed by atoms with E-state index in [1.807, 2.05) is 35.2 Å². The number of ether oxygens (including phenoxy) is 1. The SMILES string of the molecule is COCCCn1c([C@@H]2CCCN(C(=O)C[C@H](N)CNC(=O)c3ccc(-c4cccc(Cl)c4)o3)C2)nc2ccccc21. The van der Waals surface area contributed by atoms with Gasteiger partial charge >= 0.3 is 0 Å². The van der Waals surface area contributed by atoms with E-state index < -0.39 is 6.04 Å². The Kier molecular flexibility index (Phi) is 9.38. The van der Waals surface area contributed by atoms with Crippen LogP contribution in [-0.2, 0) is 16.1 Å². The maximum Gasteiger partial charge on any atom is 0.287 e. The lowest BCUT2D eigenvalue weighted by atomic mass is 9.96. The number of carbonyl (C=O) groups excluding carboxylic acids is 2. The molecule has 3 N–H and O–H groups in total. The number of benzene rings is 2. The Bertz CT molecular complexity index is 1500. The summed E-state index contributed by atoms with van der Waals surface area (Å²) >= 11 is 6.06. The number of amides is 2. The van der Waals surface area contributed by atoms with Crippen LogP contribution in [0.25, 0.3) is 22.4 Å². The number of hydrogen-bond acceptors (Lipinski definition) is 6. The molecule has 0 radical (unpaired) electrons. The number of furan rings is 1. The summed E-state index contributed by atoms with van der Waals surface area (Å²) in [6.45, 7) is 2.94. The number of likely N-dealkylation sites (tertiary alicyclic amines) is 1. The lowest BCUT2D eigenvalue weighted by molar-refractivity contribution is -0.132. The molecule has 0 spiro atoms. The second-order valence-electron chi connectivity index (χ2n) is 10.5. The quantitative estimate of drug-likeness (QED) is 0.246. The largest absolute Gasteiger partial charge is 0.451 e. The number of nitrogens with two attached hydrogens (primary N) is 1. The van der Waals surface area contributed by atoms with E-state index in [-0.39, 0.29) is 36.5 Å². The summed E-state index contributed by atoms with van der Waals surface area (Å²) in [5.41, 5.74) is 9.13. The lowest BCUT2D eigenvalue weighted by Crippen LogP contribution is -2.45. The van der Waals surface area contributed by atoms with Gasteiger partial charge in [0, 0.05) is 68.9 Å². The molecule has 0 bridgehead atoms. The first-order valence-corrected chi connectivity index (χ1v) is 14.4. The Morgan fingerprint density at radius 2 is 2.05 bits per heavy atom. The number of para-hydroxylation sites is 2. The first kappa shape index (κ1) is 28.9. The number of rotatable bonds is 11. The van der Waals surface area contributed by atoms with E-state index >= 15 is 0 Å². The summed E-state index contributed by atoms with van der Waals surface area (Å²) in [6.07, 6.45) is 2.90. The molecule has 3 heterocycles. The second kappa shape index (κ2) is 13.3. The minimum absolute atomic E-state index is 0.0141. The lowest BCUT2D eigenvalue weighted by Gasteiger charge is -2.33. The van der Waals surface area contributed by atoms with Crippen molar-refractivity contribution in [2.75, 3.05) is 33.4 Å². The van der Waals surface area contributed by atoms with E-state index in [9.17, 15) is 9.59 Å². The van der Waals surface area contributed by atoms with Crippen molar-refractivity contribution < 1.29 is 18.7 Å². The summed E-state index contributed by atoms with van der Waals surface area (Å²) < 4.78 is 13.3. The number of hydrogen-bond donors (Lipinski definition) is 2. The van der Waals surface area contributed by atoms with Crippen molar-refractivity contribution in [1.82, 2.24) is 19.8 Å². The molecule has 9 nitrogen and oxygen atoms in total. The van der Waals surface area contributed by atoms with Crippen LogP contribution in [0.4, 0.5) is 0 Å². The molecule has 41 heavy (non-hydrogen) atoms. The van der Waals surface area contributed by atoms with Gasteiger partial charge in [0.2, 0.25) is 5.91 Å². The molecule has 0 aliphatic carbocycles. The van der Waals surface area contributed by atoms with Gasteiger partial charge in [-0.3, -0.25) is 9.59 Å². The molecule has 216 valence electrons. The van der Waals surface area contributed by atoms with Crippen molar-refractivity contribution in [3.63, 3.8) is 0 Å². The molecular weight excluding hydrogens is 542 g/mol. The van der Waals surface area contributed by atoms with Gasteiger partial charge in [-0.05, 0) is 55.7 Å². The molecular formula is C31H36ClN5O4. The van der Waals surface area contributed by atoms with E-state index in [4.69, 9.17) is 31.5 Å². The molecule has 0 unspecified atom stereocenters. The van der Waals surface area contributed by atoms with Gasteiger partial charge in [0.05, 0.1) is 11.0 Å². The average molecular weight is 578 g/mol. The van der Waals surface area contributed by atoms with Crippen LogP contribution in [0.2, 0.25) is 5.02 Å². The zero-order chi connectivity index (χ0) is 28.8. The first-order valence-electron chi connectivity index (χ1n) is 14.0. The fourth-order valence-electron chi connectivity index (χ4n) is 5.42. The number of imidazole rings is 1. The number of nitrogens with zero attached hydrogens (tertiary/aromatic N) is 3. The van der Waals surface area contributed by atoms with Crippen LogP contribution < -0.4 is 11.1 Å². The normalized spacial score (nSPS) is 16.2. The average Bonchev–Trinajstić information content (AvgIpc) is 3.62. The third-order valence-electron chi connectivity index (χ3n) is 7.45. The predicted octanol–water partition coefficient (Wildman–Crippen LogP) is 4.84. The van der Waals surface area contributed by atoms with Gasteiger partial charge in [-0.2, -0.15) is 0 Å². The molecule has 2 aromatic carbocycles. The monoisotopic (exact) mass is 577 g/mol. The number of nitrogens with one attached hydrogen (secondary N) is 1. The van der Waals surface area contributed by atoms with Gasteiger partial charge in [0.25, 0.3) is 5.91 Å². The Labute approximate surface area is 244 Å². The summed E-state index contributed by atoms with van der Waals surface area (Å²) in [4.78, 5) is 32.7. The highest BCUT2D eigenvalue weighted by Gasteiger charge is 2.29. The van der Waals surface area contributed by atoms with Gasteiger partial charge in [-0.25, -0.2) is 4.98 Å². The number of fused-ring (bicyclic) bond motifs is 1.